The fourth-order valence-corrected chi connectivity index (χ4v) is 2.21. The van der Waals surface area contributed by atoms with E-state index in [9.17, 15) is 4.79 Å². The minimum atomic E-state index is 0.0437. The Morgan fingerprint density at radius 1 is 1.33 bits per heavy atom. The summed E-state index contributed by atoms with van der Waals surface area (Å²) in [7, 11) is 0. The van der Waals surface area contributed by atoms with Gasteiger partial charge in [0.25, 0.3) is 5.91 Å². The zero-order chi connectivity index (χ0) is 10.7. The molecule has 1 aromatic heterocycles. The number of pyridine rings is 1. The van der Waals surface area contributed by atoms with Gasteiger partial charge in [0, 0.05) is 23.8 Å². The number of nitrogens with zero attached hydrogens (tertiary/aromatic N) is 2. The van der Waals surface area contributed by atoms with Gasteiger partial charge in [-0.1, -0.05) is 0 Å². The van der Waals surface area contributed by atoms with Crippen molar-refractivity contribution < 1.29 is 4.79 Å². The molecule has 0 unspecified atom stereocenters. The molecule has 0 spiro atoms. The Labute approximate surface area is 97.6 Å². The smallest absolute Gasteiger partial charge is 0.273 e. The summed E-state index contributed by atoms with van der Waals surface area (Å²) in [5.41, 5.74) is 0.527. The maximum absolute atomic E-state index is 12.1. The van der Waals surface area contributed by atoms with Gasteiger partial charge in [-0.2, -0.15) is 0 Å². The van der Waals surface area contributed by atoms with Gasteiger partial charge in [-0.05, 0) is 47.3 Å². The summed E-state index contributed by atoms with van der Waals surface area (Å²) < 4.78 is 0.778. The summed E-state index contributed by atoms with van der Waals surface area (Å²) in [5, 5.41) is 0. The molecule has 0 bridgehead atoms. The van der Waals surface area contributed by atoms with Crippen molar-refractivity contribution >= 4 is 21.8 Å². The molecule has 0 atom stereocenters. The molecule has 1 aliphatic rings. The summed E-state index contributed by atoms with van der Waals surface area (Å²) >= 11 is 3.35. The van der Waals surface area contributed by atoms with Crippen LogP contribution in [0, 0.1) is 0 Å². The van der Waals surface area contributed by atoms with Gasteiger partial charge >= 0.3 is 0 Å². The summed E-state index contributed by atoms with van der Waals surface area (Å²) in [6.07, 6.45) is 5.10. The monoisotopic (exact) mass is 268 g/mol. The minimum Gasteiger partial charge on any atom is -0.337 e. The van der Waals surface area contributed by atoms with E-state index in [2.05, 4.69) is 20.9 Å². The molecule has 0 radical (unpaired) electrons. The number of hydrogen-bond donors (Lipinski definition) is 0. The first-order valence-electron chi connectivity index (χ1n) is 5.19. The molecule has 0 aromatic carbocycles. The normalized spacial score (nSPS) is 16.5. The Balaban J connectivity index is 2.16. The fourth-order valence-electron chi connectivity index (χ4n) is 1.79. The molecule has 1 saturated heterocycles. The van der Waals surface area contributed by atoms with Gasteiger partial charge in [-0.15, -0.1) is 0 Å². The summed E-state index contributed by atoms with van der Waals surface area (Å²) in [5.74, 6) is 0.0437. The van der Waals surface area contributed by atoms with Crippen molar-refractivity contribution in [2.24, 2.45) is 0 Å². The molecule has 15 heavy (non-hydrogen) atoms. The molecule has 2 rings (SSSR count). The standard InChI is InChI=1S/C11H13BrN2O/c12-9-5-4-6-13-10(9)11(15)14-7-2-1-3-8-14/h4-6H,1-3,7-8H2. The van der Waals surface area contributed by atoms with Crippen molar-refractivity contribution in [2.45, 2.75) is 19.3 Å². The number of carbonyl (C=O) groups is 1. The number of amides is 1. The van der Waals surface area contributed by atoms with Crippen molar-refractivity contribution in [3.8, 4) is 0 Å². The summed E-state index contributed by atoms with van der Waals surface area (Å²) in [6.45, 7) is 1.73. The lowest BCUT2D eigenvalue weighted by molar-refractivity contribution is 0.0717. The largest absolute Gasteiger partial charge is 0.337 e. The third kappa shape index (κ3) is 2.37. The van der Waals surface area contributed by atoms with E-state index < -0.39 is 0 Å². The second-order valence-corrected chi connectivity index (χ2v) is 4.54. The van der Waals surface area contributed by atoms with E-state index >= 15 is 0 Å². The molecular formula is C11H13BrN2O. The molecule has 0 N–H and O–H groups in total. The highest BCUT2D eigenvalue weighted by Crippen LogP contribution is 2.18. The molecule has 1 amide bonds. The van der Waals surface area contributed by atoms with Crippen molar-refractivity contribution in [1.82, 2.24) is 9.88 Å². The molecule has 4 heteroatoms. The van der Waals surface area contributed by atoms with Crippen LogP contribution in [-0.4, -0.2) is 28.9 Å². The first-order chi connectivity index (χ1) is 7.29. The number of carbonyl (C=O) groups excluding carboxylic acids is 1. The van der Waals surface area contributed by atoms with Crippen molar-refractivity contribution in [3.05, 3.63) is 28.5 Å². The van der Waals surface area contributed by atoms with Gasteiger partial charge in [0.05, 0.1) is 0 Å². The topological polar surface area (TPSA) is 33.2 Å². The summed E-state index contributed by atoms with van der Waals surface area (Å²) in [4.78, 5) is 18.1. The van der Waals surface area contributed by atoms with E-state index in [1.165, 1.54) is 6.42 Å². The first kappa shape index (κ1) is 10.6. The molecule has 3 nitrogen and oxygen atoms in total. The van der Waals surface area contributed by atoms with Crippen LogP contribution in [0.15, 0.2) is 22.8 Å². The van der Waals surface area contributed by atoms with Crippen LogP contribution in [0.2, 0.25) is 0 Å². The summed E-state index contributed by atoms with van der Waals surface area (Å²) in [6, 6.07) is 3.67. The van der Waals surface area contributed by atoms with E-state index in [0.717, 1.165) is 30.4 Å². The van der Waals surface area contributed by atoms with Crippen molar-refractivity contribution in [1.29, 1.82) is 0 Å². The number of rotatable bonds is 1. The lowest BCUT2D eigenvalue weighted by Gasteiger charge is -2.26. The van der Waals surface area contributed by atoms with Gasteiger partial charge in [0.2, 0.25) is 0 Å². The average molecular weight is 269 g/mol. The first-order valence-corrected chi connectivity index (χ1v) is 5.98. The molecule has 2 heterocycles. The van der Waals surface area contributed by atoms with E-state index in [4.69, 9.17) is 0 Å². The average Bonchev–Trinajstić information content (AvgIpc) is 2.30. The number of halogens is 1. The molecule has 1 aliphatic heterocycles. The van der Waals surface area contributed by atoms with Gasteiger partial charge in [-0.3, -0.25) is 4.79 Å². The van der Waals surface area contributed by atoms with Crippen LogP contribution in [0.25, 0.3) is 0 Å². The molecule has 1 fully saturated rings. The van der Waals surface area contributed by atoms with Gasteiger partial charge < -0.3 is 4.90 Å². The number of likely N-dealkylation sites (tertiary alicyclic amines) is 1. The maximum atomic E-state index is 12.1. The van der Waals surface area contributed by atoms with Crippen LogP contribution in [0.4, 0.5) is 0 Å². The molecule has 0 saturated carbocycles. The van der Waals surface area contributed by atoms with Crippen molar-refractivity contribution in [3.63, 3.8) is 0 Å². The molecule has 1 aromatic rings. The second kappa shape index (κ2) is 4.75. The quantitative estimate of drug-likeness (QED) is 0.784. The third-order valence-corrected chi connectivity index (χ3v) is 3.24. The number of hydrogen-bond acceptors (Lipinski definition) is 2. The Bertz CT molecular complexity index is 361. The Hall–Kier alpha value is -0.900. The van der Waals surface area contributed by atoms with Gasteiger partial charge in [0.15, 0.2) is 0 Å². The third-order valence-electron chi connectivity index (χ3n) is 2.60. The molecule has 0 aliphatic carbocycles. The van der Waals surface area contributed by atoms with Crippen molar-refractivity contribution in [2.75, 3.05) is 13.1 Å². The zero-order valence-corrected chi connectivity index (χ0v) is 10.0. The van der Waals surface area contributed by atoms with Crippen LogP contribution < -0.4 is 0 Å². The maximum Gasteiger partial charge on any atom is 0.273 e. The number of piperidine rings is 1. The van der Waals surface area contributed by atoms with Gasteiger partial charge in [-0.25, -0.2) is 4.98 Å². The Morgan fingerprint density at radius 3 is 2.73 bits per heavy atom. The lowest BCUT2D eigenvalue weighted by atomic mass is 10.1. The predicted octanol–water partition coefficient (Wildman–Crippen LogP) is 2.47. The van der Waals surface area contributed by atoms with Crippen LogP contribution in [0.3, 0.4) is 0 Å². The van der Waals surface area contributed by atoms with E-state index in [0.29, 0.717) is 5.69 Å². The lowest BCUT2D eigenvalue weighted by Crippen LogP contribution is -2.36. The van der Waals surface area contributed by atoms with E-state index in [1.54, 1.807) is 6.20 Å². The molecular weight excluding hydrogens is 256 g/mol. The highest BCUT2D eigenvalue weighted by atomic mass is 79.9. The second-order valence-electron chi connectivity index (χ2n) is 3.69. The molecule has 80 valence electrons. The minimum absolute atomic E-state index is 0.0437. The van der Waals surface area contributed by atoms with Crippen LogP contribution in [0.5, 0.6) is 0 Å². The fraction of sp³-hybridized carbons (Fsp3) is 0.455. The van der Waals surface area contributed by atoms with E-state index in [-0.39, 0.29) is 5.91 Å². The Kier molecular flexibility index (Phi) is 3.36. The Morgan fingerprint density at radius 2 is 2.07 bits per heavy atom. The van der Waals surface area contributed by atoms with Crippen LogP contribution >= 0.6 is 15.9 Å². The highest BCUT2D eigenvalue weighted by molar-refractivity contribution is 9.10. The van der Waals surface area contributed by atoms with E-state index in [1.807, 2.05) is 17.0 Å². The SMILES string of the molecule is O=C(c1ncccc1Br)N1CCCCC1. The highest BCUT2D eigenvalue weighted by Gasteiger charge is 2.20. The number of aromatic nitrogens is 1. The van der Waals surface area contributed by atoms with Crippen LogP contribution in [-0.2, 0) is 0 Å². The predicted molar refractivity (Wildman–Crippen MR) is 61.7 cm³/mol. The zero-order valence-electron chi connectivity index (χ0n) is 8.45. The van der Waals surface area contributed by atoms with Gasteiger partial charge in [0.1, 0.15) is 5.69 Å². The van der Waals surface area contributed by atoms with Crippen LogP contribution in [0.1, 0.15) is 29.8 Å².